The molecule has 2 aliphatic heterocycles. The molecule has 2 heterocycles. The number of piperidine rings is 1. The third-order valence-electron chi connectivity index (χ3n) is 6.04. The van der Waals surface area contributed by atoms with Crippen LogP contribution in [0.2, 0.25) is 0 Å². The first-order valence-corrected chi connectivity index (χ1v) is 12.5. The highest BCUT2D eigenvalue weighted by atomic mass is 32.2. The summed E-state index contributed by atoms with van der Waals surface area (Å²) >= 11 is 1.83. The Labute approximate surface area is 203 Å². The van der Waals surface area contributed by atoms with E-state index in [1.54, 1.807) is 17.0 Å². The molecule has 0 aliphatic carbocycles. The van der Waals surface area contributed by atoms with Crippen LogP contribution in [-0.4, -0.2) is 58.5 Å². The van der Waals surface area contributed by atoms with Crippen LogP contribution in [0.3, 0.4) is 0 Å². The van der Waals surface area contributed by atoms with Gasteiger partial charge in [0.2, 0.25) is 0 Å². The fraction of sp³-hybridized carbons (Fsp3) is 0.423. The van der Waals surface area contributed by atoms with Crippen LogP contribution in [0.15, 0.2) is 77.6 Å². The summed E-state index contributed by atoms with van der Waals surface area (Å²) in [5, 5.41) is 6.71. The summed E-state index contributed by atoms with van der Waals surface area (Å²) in [4.78, 5) is 15.7. The summed E-state index contributed by atoms with van der Waals surface area (Å²) in [6, 6.07) is 8.49. The molecule has 7 heteroatoms. The van der Waals surface area contributed by atoms with Crippen LogP contribution >= 0.6 is 11.9 Å². The van der Waals surface area contributed by atoms with Gasteiger partial charge in [-0.25, -0.2) is 14.1 Å². The molecule has 0 saturated carbocycles. The Hall–Kier alpha value is -2.64. The first-order chi connectivity index (χ1) is 15.8. The number of anilines is 1. The highest BCUT2D eigenvalue weighted by Crippen LogP contribution is 2.34. The summed E-state index contributed by atoms with van der Waals surface area (Å²) in [6.45, 7) is 17.5. The Morgan fingerprint density at radius 3 is 2.36 bits per heavy atom. The lowest BCUT2D eigenvalue weighted by Crippen LogP contribution is -2.47. The van der Waals surface area contributed by atoms with Crippen molar-refractivity contribution in [1.29, 1.82) is 0 Å². The summed E-state index contributed by atoms with van der Waals surface area (Å²) < 4.78 is 2.45. The Kier molecular flexibility index (Phi) is 8.69. The van der Waals surface area contributed by atoms with Crippen molar-refractivity contribution in [1.82, 2.24) is 19.2 Å². The second-order valence-corrected chi connectivity index (χ2v) is 9.67. The van der Waals surface area contributed by atoms with E-state index < -0.39 is 0 Å². The molecule has 0 unspecified atom stereocenters. The number of carbonyl (C=O) groups is 1. The zero-order valence-corrected chi connectivity index (χ0v) is 21.2. The summed E-state index contributed by atoms with van der Waals surface area (Å²) in [7, 11) is 1.80. The van der Waals surface area contributed by atoms with E-state index in [9.17, 15) is 4.79 Å². The maximum Gasteiger partial charge on any atom is 0.338 e. The molecular weight excluding hydrogens is 430 g/mol. The largest absolute Gasteiger partial charge is 0.360 e. The third-order valence-corrected chi connectivity index (χ3v) is 7.15. The number of hydrogen-bond acceptors (Lipinski definition) is 5. The van der Waals surface area contributed by atoms with Crippen LogP contribution in [0.5, 0.6) is 0 Å². The molecule has 1 aromatic carbocycles. The minimum atomic E-state index is -0.0172. The van der Waals surface area contributed by atoms with Gasteiger partial charge < -0.3 is 10.2 Å². The predicted molar refractivity (Wildman–Crippen MR) is 139 cm³/mol. The van der Waals surface area contributed by atoms with E-state index in [1.807, 2.05) is 43.9 Å². The molecule has 1 aromatic rings. The molecular formula is C26H37N5OS. The average molecular weight is 468 g/mol. The Balaban J connectivity index is 1.51. The van der Waals surface area contributed by atoms with Gasteiger partial charge in [0.1, 0.15) is 0 Å². The Bertz CT molecular complexity index is 911. The van der Waals surface area contributed by atoms with Crippen molar-refractivity contribution in [2.45, 2.75) is 38.5 Å². The molecule has 33 heavy (non-hydrogen) atoms. The molecule has 0 spiro atoms. The quantitative estimate of drug-likeness (QED) is 0.480. The number of carbonyl (C=O) groups excluding carboxylic acids is 1. The fourth-order valence-electron chi connectivity index (χ4n) is 4.17. The van der Waals surface area contributed by atoms with Gasteiger partial charge in [-0.2, -0.15) is 0 Å². The number of rotatable bonds is 8. The van der Waals surface area contributed by atoms with Crippen molar-refractivity contribution in [3.63, 3.8) is 0 Å². The molecule has 0 aromatic heterocycles. The van der Waals surface area contributed by atoms with E-state index in [-0.39, 0.29) is 6.03 Å². The van der Waals surface area contributed by atoms with Gasteiger partial charge in [0, 0.05) is 55.7 Å². The van der Waals surface area contributed by atoms with E-state index >= 15 is 0 Å². The van der Waals surface area contributed by atoms with Gasteiger partial charge >= 0.3 is 6.03 Å². The maximum atomic E-state index is 12.7. The molecule has 3 rings (SSSR count). The van der Waals surface area contributed by atoms with Gasteiger partial charge in [0.25, 0.3) is 0 Å². The van der Waals surface area contributed by atoms with Gasteiger partial charge in [-0.15, -0.1) is 0 Å². The summed E-state index contributed by atoms with van der Waals surface area (Å²) in [6.07, 6.45) is 8.47. The Morgan fingerprint density at radius 2 is 1.82 bits per heavy atom. The number of amides is 2. The number of hydrazine groups is 1. The van der Waals surface area contributed by atoms with Crippen LogP contribution in [0.4, 0.5) is 10.5 Å². The molecule has 178 valence electrons. The summed E-state index contributed by atoms with van der Waals surface area (Å²) in [5.41, 5.74) is 4.15. The minimum absolute atomic E-state index is 0.0172. The lowest BCUT2D eigenvalue weighted by Gasteiger charge is -2.38. The standard InChI is InChI=1S/C26H37N5OS/c1-7-29(8-2)26(32)28(6)31-18-15-23(19-21(31)5)22-13-16-30(17-14-22)33-25-11-9-24(10-12-25)27-20(3)4/h9-12,15,18-19,22,27H,3,5,7-8,13-14,16-17H2,1-2,4,6H3. The Morgan fingerprint density at radius 1 is 1.18 bits per heavy atom. The molecule has 1 fully saturated rings. The highest BCUT2D eigenvalue weighted by Gasteiger charge is 2.26. The monoisotopic (exact) mass is 467 g/mol. The van der Waals surface area contributed by atoms with Crippen LogP contribution in [0.1, 0.15) is 33.6 Å². The molecule has 0 bridgehead atoms. The lowest BCUT2D eigenvalue weighted by molar-refractivity contribution is 0.0871. The number of nitrogens with zero attached hydrogens (tertiary/aromatic N) is 4. The molecule has 0 radical (unpaired) electrons. The molecule has 2 amide bonds. The zero-order chi connectivity index (χ0) is 24.0. The van der Waals surface area contributed by atoms with Gasteiger partial charge in [-0.05, 0) is 93.5 Å². The minimum Gasteiger partial charge on any atom is -0.360 e. The number of hydrogen-bond donors (Lipinski definition) is 1. The van der Waals surface area contributed by atoms with E-state index in [2.05, 4.69) is 59.2 Å². The molecule has 1 saturated heterocycles. The molecule has 1 N–H and O–H groups in total. The van der Waals surface area contributed by atoms with Crippen molar-refractivity contribution >= 4 is 23.7 Å². The maximum absolute atomic E-state index is 12.7. The van der Waals surface area contributed by atoms with Crippen LogP contribution in [-0.2, 0) is 0 Å². The van der Waals surface area contributed by atoms with Crippen LogP contribution in [0.25, 0.3) is 0 Å². The predicted octanol–water partition coefficient (Wildman–Crippen LogP) is 5.93. The first-order valence-electron chi connectivity index (χ1n) is 11.7. The highest BCUT2D eigenvalue weighted by molar-refractivity contribution is 7.97. The van der Waals surface area contributed by atoms with Gasteiger partial charge in [0.15, 0.2) is 0 Å². The van der Waals surface area contributed by atoms with E-state index in [1.165, 1.54) is 10.5 Å². The van der Waals surface area contributed by atoms with E-state index in [0.717, 1.165) is 43.0 Å². The molecule has 6 nitrogen and oxygen atoms in total. The van der Waals surface area contributed by atoms with Gasteiger partial charge in [0.05, 0.1) is 5.70 Å². The number of nitrogens with one attached hydrogen (secondary N) is 1. The SMILES string of the molecule is C=C(C)Nc1ccc(SN2CCC(C3=CC(=C)N(N(C)C(=O)N(CC)CC)C=C3)CC2)cc1. The second kappa shape index (κ2) is 11.5. The van der Waals surface area contributed by atoms with Crippen molar-refractivity contribution in [2.75, 3.05) is 38.5 Å². The zero-order valence-electron chi connectivity index (χ0n) is 20.4. The molecule has 2 aliphatic rings. The van der Waals surface area contributed by atoms with E-state index in [4.69, 9.17) is 0 Å². The fourth-order valence-corrected chi connectivity index (χ4v) is 5.12. The second-order valence-electron chi connectivity index (χ2n) is 8.50. The average Bonchev–Trinajstić information content (AvgIpc) is 2.81. The first kappa shape index (κ1) is 25.0. The summed E-state index contributed by atoms with van der Waals surface area (Å²) in [5.74, 6) is 0.517. The number of benzene rings is 1. The van der Waals surface area contributed by atoms with Gasteiger partial charge in [-0.3, -0.25) is 5.01 Å². The van der Waals surface area contributed by atoms with Crippen LogP contribution < -0.4 is 5.32 Å². The van der Waals surface area contributed by atoms with Crippen molar-refractivity contribution in [2.24, 2.45) is 5.92 Å². The topological polar surface area (TPSA) is 42.1 Å². The van der Waals surface area contributed by atoms with Gasteiger partial charge in [-0.1, -0.05) is 13.2 Å². The van der Waals surface area contributed by atoms with Crippen molar-refractivity contribution in [3.8, 4) is 0 Å². The number of urea groups is 1. The molecule has 0 atom stereocenters. The third kappa shape index (κ3) is 6.45. The normalized spacial score (nSPS) is 17.0. The smallest absolute Gasteiger partial charge is 0.338 e. The van der Waals surface area contributed by atoms with Crippen molar-refractivity contribution in [3.05, 3.63) is 72.7 Å². The number of allylic oxidation sites excluding steroid dienone is 4. The van der Waals surface area contributed by atoms with E-state index in [0.29, 0.717) is 19.0 Å². The van der Waals surface area contributed by atoms with Crippen LogP contribution in [0, 0.1) is 5.92 Å². The lowest BCUT2D eigenvalue weighted by atomic mass is 9.88. The van der Waals surface area contributed by atoms with Crippen molar-refractivity contribution < 1.29 is 4.79 Å².